The van der Waals surface area contributed by atoms with Crippen molar-refractivity contribution in [1.29, 1.82) is 0 Å². The summed E-state index contributed by atoms with van der Waals surface area (Å²) >= 11 is 0. The highest BCUT2D eigenvalue weighted by molar-refractivity contribution is 5.76. The van der Waals surface area contributed by atoms with Crippen molar-refractivity contribution in [2.75, 3.05) is 6.54 Å². The van der Waals surface area contributed by atoms with Crippen molar-refractivity contribution in [3.05, 3.63) is 0 Å². The molecule has 0 radical (unpaired) electrons. The maximum Gasteiger partial charge on any atom is 0.407 e. The number of hydrogen-bond acceptors (Lipinski definition) is 3. The number of carboxylic acid groups (broad SMARTS) is 1. The van der Waals surface area contributed by atoms with Crippen molar-refractivity contribution in [2.45, 2.75) is 126 Å². The summed E-state index contributed by atoms with van der Waals surface area (Å²) in [6.07, 6.45) is 10.4. The number of ether oxygens (including phenoxy) is 1. The average molecular weight is 530 g/mol. The van der Waals surface area contributed by atoms with Crippen LogP contribution in [-0.2, 0) is 9.53 Å². The highest BCUT2D eigenvalue weighted by Crippen LogP contribution is 2.77. The Morgan fingerprint density at radius 1 is 0.868 bits per heavy atom. The largest absolute Gasteiger partial charge is 0.481 e. The van der Waals surface area contributed by atoms with Gasteiger partial charge in [-0.15, -0.1) is 0 Å². The van der Waals surface area contributed by atoms with Gasteiger partial charge < -0.3 is 15.2 Å². The van der Waals surface area contributed by atoms with Crippen molar-refractivity contribution < 1.29 is 19.4 Å². The van der Waals surface area contributed by atoms with Crippen LogP contribution in [0.3, 0.4) is 0 Å². The van der Waals surface area contributed by atoms with E-state index >= 15 is 0 Å². The molecule has 38 heavy (non-hydrogen) atoms. The fraction of sp³-hybridized carbons (Fsp3) is 0.939. The van der Waals surface area contributed by atoms with Crippen molar-refractivity contribution in [3.63, 3.8) is 0 Å². The molecule has 0 aliphatic heterocycles. The summed E-state index contributed by atoms with van der Waals surface area (Å²) in [5.41, 5.74) is 0.0685. The van der Waals surface area contributed by atoms with Crippen LogP contribution in [0.5, 0.6) is 0 Å². The summed E-state index contributed by atoms with van der Waals surface area (Å²) < 4.78 is 6.02. The number of rotatable bonds is 4. The van der Waals surface area contributed by atoms with Gasteiger partial charge in [0.15, 0.2) is 0 Å². The van der Waals surface area contributed by atoms with E-state index in [0.717, 1.165) is 38.5 Å². The van der Waals surface area contributed by atoms with E-state index in [9.17, 15) is 14.7 Å². The first-order valence-electron chi connectivity index (χ1n) is 15.9. The molecule has 1 amide bonds. The number of alkyl carbamates (subject to hydrolysis) is 1. The molecule has 2 N–H and O–H groups in total. The second kappa shape index (κ2) is 9.13. The molecule has 5 aliphatic rings. The molecule has 5 saturated carbocycles. The zero-order valence-corrected chi connectivity index (χ0v) is 25.5. The zero-order chi connectivity index (χ0) is 27.9. The summed E-state index contributed by atoms with van der Waals surface area (Å²) in [5, 5.41) is 13.4. The summed E-state index contributed by atoms with van der Waals surface area (Å²) in [6, 6.07) is 0. The van der Waals surface area contributed by atoms with Gasteiger partial charge in [-0.3, -0.25) is 4.79 Å². The average Bonchev–Trinajstić information content (AvgIpc) is 3.23. The van der Waals surface area contributed by atoms with E-state index < -0.39 is 11.4 Å². The third-order valence-corrected chi connectivity index (χ3v) is 14.3. The maximum atomic E-state index is 12.9. The molecule has 5 fully saturated rings. The lowest BCUT2D eigenvalue weighted by molar-refractivity contribution is -0.249. The quantitative estimate of drug-likeness (QED) is 0.388. The Kier molecular flexibility index (Phi) is 6.79. The van der Waals surface area contributed by atoms with Gasteiger partial charge in [0.2, 0.25) is 0 Å². The molecule has 0 spiro atoms. The SMILES string of the molecule is CCNC(=O)O[C@@H]1CC[C@@]2(C)C(CC[C@]3(C)C2CCC2[C@@H]4[C@H](C(C)C)CC[C@]4(C(=O)O)CC[C@]23C)C1(C)C. The van der Waals surface area contributed by atoms with Gasteiger partial charge in [-0.25, -0.2) is 4.79 Å². The molecule has 5 heteroatoms. The molecule has 10 atom stereocenters. The van der Waals surface area contributed by atoms with E-state index in [1.54, 1.807) is 0 Å². The number of amides is 1. The molecule has 0 heterocycles. The lowest BCUT2D eigenvalue weighted by atomic mass is 9.32. The second-order valence-electron chi connectivity index (χ2n) is 15.9. The minimum Gasteiger partial charge on any atom is -0.481 e. The number of hydrogen-bond donors (Lipinski definition) is 2. The van der Waals surface area contributed by atoms with E-state index in [1.165, 1.54) is 25.7 Å². The molecule has 0 bridgehead atoms. The highest BCUT2D eigenvalue weighted by Gasteiger charge is 2.72. The van der Waals surface area contributed by atoms with Crippen molar-refractivity contribution >= 4 is 12.1 Å². The van der Waals surface area contributed by atoms with Crippen LogP contribution in [0.2, 0.25) is 0 Å². The fourth-order valence-electron chi connectivity index (χ4n) is 12.3. The van der Waals surface area contributed by atoms with Crippen LogP contribution in [0.25, 0.3) is 0 Å². The van der Waals surface area contributed by atoms with E-state index in [1.807, 2.05) is 6.92 Å². The van der Waals surface area contributed by atoms with E-state index in [2.05, 4.69) is 53.8 Å². The third-order valence-electron chi connectivity index (χ3n) is 14.3. The first kappa shape index (κ1) is 28.3. The van der Waals surface area contributed by atoms with Crippen LogP contribution in [0.4, 0.5) is 4.79 Å². The van der Waals surface area contributed by atoms with E-state index in [-0.39, 0.29) is 33.9 Å². The van der Waals surface area contributed by atoms with Crippen LogP contribution < -0.4 is 5.32 Å². The maximum absolute atomic E-state index is 12.9. The summed E-state index contributed by atoms with van der Waals surface area (Å²) in [4.78, 5) is 25.3. The van der Waals surface area contributed by atoms with Crippen LogP contribution >= 0.6 is 0 Å². The predicted molar refractivity (Wildman–Crippen MR) is 151 cm³/mol. The van der Waals surface area contributed by atoms with Crippen molar-refractivity contribution in [3.8, 4) is 0 Å². The molecule has 0 aromatic heterocycles. The number of nitrogens with one attached hydrogen (secondary N) is 1. The molecular formula is C33H55NO4. The van der Waals surface area contributed by atoms with Gasteiger partial charge in [0.1, 0.15) is 6.10 Å². The Labute approximate surface area is 231 Å². The molecule has 5 aliphatic carbocycles. The predicted octanol–water partition coefficient (Wildman–Crippen LogP) is 7.92. The van der Waals surface area contributed by atoms with Gasteiger partial charge >= 0.3 is 12.1 Å². The Hall–Kier alpha value is -1.26. The Morgan fingerprint density at radius 3 is 2.21 bits per heavy atom. The summed E-state index contributed by atoms with van der Waals surface area (Å²) in [6.45, 7) is 19.7. The minimum atomic E-state index is -0.511. The highest BCUT2D eigenvalue weighted by atomic mass is 16.6. The van der Waals surface area contributed by atoms with Gasteiger partial charge in [-0.1, -0.05) is 48.5 Å². The van der Waals surface area contributed by atoms with Gasteiger partial charge in [0.25, 0.3) is 0 Å². The van der Waals surface area contributed by atoms with Crippen LogP contribution in [-0.4, -0.2) is 29.8 Å². The van der Waals surface area contributed by atoms with Crippen LogP contribution in [0.15, 0.2) is 0 Å². The Balaban J connectivity index is 1.47. The number of carbonyl (C=O) groups excluding carboxylic acids is 1. The Morgan fingerprint density at radius 2 is 1.58 bits per heavy atom. The van der Waals surface area contributed by atoms with Crippen LogP contribution in [0, 0.1) is 62.6 Å². The number of fused-ring (bicyclic) bond motifs is 7. The number of carbonyl (C=O) groups is 2. The summed E-state index contributed by atoms with van der Waals surface area (Å²) in [5.74, 6) is 2.55. The summed E-state index contributed by atoms with van der Waals surface area (Å²) in [7, 11) is 0. The van der Waals surface area contributed by atoms with E-state index in [4.69, 9.17) is 4.74 Å². The fourth-order valence-corrected chi connectivity index (χ4v) is 12.3. The van der Waals surface area contributed by atoms with Gasteiger partial charge in [-0.2, -0.15) is 0 Å². The lowest BCUT2D eigenvalue weighted by Crippen LogP contribution is -2.67. The normalized spacial score (nSPS) is 49.3. The van der Waals surface area contributed by atoms with Gasteiger partial charge in [0, 0.05) is 12.0 Å². The molecule has 0 aromatic carbocycles. The number of aliphatic carboxylic acids is 1. The monoisotopic (exact) mass is 529 g/mol. The lowest BCUT2D eigenvalue weighted by Gasteiger charge is -2.72. The third kappa shape index (κ3) is 3.60. The molecule has 0 saturated heterocycles. The smallest absolute Gasteiger partial charge is 0.407 e. The topological polar surface area (TPSA) is 75.6 Å². The van der Waals surface area contributed by atoms with Crippen LogP contribution in [0.1, 0.15) is 120 Å². The molecule has 0 aromatic rings. The van der Waals surface area contributed by atoms with Gasteiger partial charge in [-0.05, 0) is 123 Å². The van der Waals surface area contributed by atoms with Crippen molar-refractivity contribution in [1.82, 2.24) is 5.32 Å². The zero-order valence-electron chi connectivity index (χ0n) is 25.5. The minimum absolute atomic E-state index is 0.0421. The second-order valence-corrected chi connectivity index (χ2v) is 15.9. The molecule has 5 rings (SSSR count). The molecular weight excluding hydrogens is 474 g/mol. The molecule has 5 nitrogen and oxygen atoms in total. The first-order chi connectivity index (χ1) is 17.7. The van der Waals surface area contributed by atoms with Gasteiger partial charge in [0.05, 0.1) is 5.41 Å². The first-order valence-corrected chi connectivity index (χ1v) is 15.9. The molecule has 3 unspecified atom stereocenters. The van der Waals surface area contributed by atoms with Crippen molar-refractivity contribution in [2.24, 2.45) is 62.6 Å². The Bertz CT molecular complexity index is 961. The standard InChI is InChI=1S/C33H55NO4/c1-9-34-28(37)38-25-14-15-30(6)23(29(25,4)5)13-16-32(8)24(30)11-10-22-26-21(20(2)3)12-17-33(26,27(35)36)19-18-31(22,32)7/h20-26H,9-19H2,1-8H3,(H,34,37)(H,35,36)/t21-,22?,23?,24?,25+,26-,30-,31+,32+,33-/m0/s1. The molecule has 216 valence electrons. The number of carboxylic acids is 1. The van der Waals surface area contributed by atoms with E-state index in [0.29, 0.717) is 42.1 Å².